The highest BCUT2D eigenvalue weighted by molar-refractivity contribution is 6.21. The maximum atomic E-state index is 14.8. The average molecular weight is 492 g/mol. The molecule has 0 fully saturated rings. The fourth-order valence-electron chi connectivity index (χ4n) is 4.67. The van der Waals surface area contributed by atoms with E-state index in [2.05, 4.69) is 0 Å². The third kappa shape index (κ3) is 3.81. The molecule has 1 N–H and O–H groups in total. The topological polar surface area (TPSA) is 66.5 Å². The summed E-state index contributed by atoms with van der Waals surface area (Å²) in [5.41, 5.74) is -6.17. The summed E-state index contributed by atoms with van der Waals surface area (Å²) in [6.45, 7) is 5.09. The van der Waals surface area contributed by atoms with Crippen molar-refractivity contribution in [3.05, 3.63) is 76.5 Å². The highest BCUT2D eigenvalue weighted by Crippen LogP contribution is 2.52. The van der Waals surface area contributed by atoms with E-state index in [1.807, 2.05) is 0 Å². The molecule has 2 aliphatic rings. The van der Waals surface area contributed by atoms with Crippen LogP contribution in [0.25, 0.3) is 0 Å². The number of nitrogens with one attached hydrogen (secondary N) is 1. The summed E-state index contributed by atoms with van der Waals surface area (Å²) in [5.74, 6) is -7.25. The quantitative estimate of drug-likeness (QED) is 0.614. The first-order chi connectivity index (χ1) is 16.2. The standard InChI is InChI=1S/C25H21F5N2O3/c1-13-7-9-14(10-8-13)32-17-11-23(2,3)12-18(33)20(17)24(22(32)35,25(28,29)30)31-21(34)19-15(26)5-4-6-16(19)27/h4-10H,11-12H2,1-3H3,(H,31,34)/t24-/m1/s1. The van der Waals surface area contributed by atoms with Crippen molar-refractivity contribution in [2.75, 3.05) is 4.90 Å². The van der Waals surface area contributed by atoms with Crippen LogP contribution in [0.15, 0.2) is 53.7 Å². The Kier molecular flexibility index (Phi) is 5.61. The zero-order chi connectivity index (χ0) is 25.9. The van der Waals surface area contributed by atoms with Crippen LogP contribution < -0.4 is 10.2 Å². The first-order valence-corrected chi connectivity index (χ1v) is 10.7. The predicted octanol–water partition coefficient (Wildman–Crippen LogP) is 4.99. The Balaban J connectivity index is 1.96. The molecule has 1 heterocycles. The number of carbonyl (C=O) groups is 3. The second kappa shape index (κ2) is 8.00. The van der Waals surface area contributed by atoms with Gasteiger partial charge in [-0.15, -0.1) is 0 Å². The molecule has 1 atom stereocenters. The van der Waals surface area contributed by atoms with Gasteiger partial charge < -0.3 is 5.32 Å². The Labute approximate surface area is 197 Å². The highest BCUT2D eigenvalue weighted by Gasteiger charge is 2.72. The number of carbonyl (C=O) groups excluding carboxylic acids is 3. The lowest BCUT2D eigenvalue weighted by atomic mass is 9.72. The number of alkyl halides is 3. The third-order valence-electron chi connectivity index (χ3n) is 6.23. The number of allylic oxidation sites excluding steroid dienone is 1. The molecule has 1 aliphatic carbocycles. The minimum Gasteiger partial charge on any atom is -0.326 e. The van der Waals surface area contributed by atoms with Gasteiger partial charge in [0.15, 0.2) is 5.78 Å². The van der Waals surface area contributed by atoms with Crippen LogP contribution in [0.2, 0.25) is 0 Å². The SMILES string of the molecule is Cc1ccc(N2C(=O)[C@@](NC(=O)c3c(F)cccc3F)(C(F)(F)F)C3=C2CC(C)(C)CC3=O)cc1. The van der Waals surface area contributed by atoms with Crippen molar-refractivity contribution in [2.45, 2.75) is 45.3 Å². The van der Waals surface area contributed by atoms with E-state index in [1.165, 1.54) is 17.4 Å². The van der Waals surface area contributed by atoms with Crippen molar-refractivity contribution in [1.82, 2.24) is 5.32 Å². The average Bonchev–Trinajstić information content (AvgIpc) is 2.96. The molecule has 35 heavy (non-hydrogen) atoms. The predicted molar refractivity (Wildman–Crippen MR) is 116 cm³/mol. The van der Waals surface area contributed by atoms with Crippen LogP contribution in [0.4, 0.5) is 27.6 Å². The van der Waals surface area contributed by atoms with Crippen molar-refractivity contribution < 1.29 is 36.3 Å². The van der Waals surface area contributed by atoms with Gasteiger partial charge in [-0.2, -0.15) is 13.2 Å². The highest BCUT2D eigenvalue weighted by atomic mass is 19.4. The summed E-state index contributed by atoms with van der Waals surface area (Å²) < 4.78 is 72.8. The second-order valence-corrected chi connectivity index (χ2v) is 9.54. The lowest BCUT2D eigenvalue weighted by molar-refractivity contribution is -0.186. The van der Waals surface area contributed by atoms with Crippen LogP contribution in [0.3, 0.4) is 0 Å². The summed E-state index contributed by atoms with van der Waals surface area (Å²) in [6, 6.07) is 8.36. The maximum absolute atomic E-state index is 14.8. The number of rotatable bonds is 3. The van der Waals surface area contributed by atoms with Crippen LogP contribution in [-0.2, 0) is 9.59 Å². The molecule has 0 saturated carbocycles. The maximum Gasteiger partial charge on any atom is 0.425 e. The van der Waals surface area contributed by atoms with Crippen molar-refractivity contribution in [3.63, 3.8) is 0 Å². The van der Waals surface area contributed by atoms with Gasteiger partial charge in [0.1, 0.15) is 17.2 Å². The number of ketones is 1. The number of hydrogen-bond acceptors (Lipinski definition) is 3. The molecule has 0 saturated heterocycles. The van der Waals surface area contributed by atoms with E-state index in [0.29, 0.717) is 12.1 Å². The smallest absolute Gasteiger partial charge is 0.326 e. The van der Waals surface area contributed by atoms with Crippen LogP contribution >= 0.6 is 0 Å². The Morgan fingerprint density at radius 3 is 2.09 bits per heavy atom. The molecule has 2 amide bonds. The molecule has 0 radical (unpaired) electrons. The van der Waals surface area contributed by atoms with E-state index in [9.17, 15) is 36.3 Å². The van der Waals surface area contributed by atoms with Crippen molar-refractivity contribution in [3.8, 4) is 0 Å². The first kappa shape index (κ1) is 24.6. The minimum absolute atomic E-state index is 0.0658. The molecular weight excluding hydrogens is 471 g/mol. The molecular formula is C25H21F5N2O3. The summed E-state index contributed by atoms with van der Waals surface area (Å²) in [5, 5.41) is 1.53. The molecule has 2 aromatic rings. The molecule has 4 rings (SSSR count). The fourth-order valence-corrected chi connectivity index (χ4v) is 4.67. The molecule has 2 aromatic carbocycles. The van der Waals surface area contributed by atoms with Gasteiger partial charge in [-0.25, -0.2) is 8.78 Å². The first-order valence-electron chi connectivity index (χ1n) is 10.7. The molecule has 10 heteroatoms. The Hall–Kier alpha value is -3.56. The van der Waals surface area contributed by atoms with Crippen molar-refractivity contribution >= 4 is 23.3 Å². The van der Waals surface area contributed by atoms with Crippen LogP contribution in [0.5, 0.6) is 0 Å². The molecule has 0 unspecified atom stereocenters. The number of nitrogens with zero attached hydrogens (tertiary/aromatic N) is 1. The lowest BCUT2D eigenvalue weighted by Crippen LogP contribution is -2.66. The van der Waals surface area contributed by atoms with Crippen molar-refractivity contribution in [2.24, 2.45) is 5.41 Å². The normalized spacial score (nSPS) is 21.9. The van der Waals surface area contributed by atoms with Gasteiger partial charge in [-0.1, -0.05) is 37.6 Å². The van der Waals surface area contributed by atoms with Crippen LogP contribution in [-0.4, -0.2) is 29.3 Å². The summed E-state index contributed by atoms with van der Waals surface area (Å²) in [4.78, 5) is 40.4. The van der Waals surface area contributed by atoms with Crippen LogP contribution in [0.1, 0.15) is 42.6 Å². The Morgan fingerprint density at radius 1 is 0.971 bits per heavy atom. The summed E-state index contributed by atoms with van der Waals surface area (Å²) in [7, 11) is 0. The van der Waals surface area contributed by atoms with Gasteiger partial charge in [0.05, 0.1) is 5.57 Å². The molecule has 0 bridgehead atoms. The minimum atomic E-state index is -5.50. The second-order valence-electron chi connectivity index (χ2n) is 9.54. The molecule has 184 valence electrons. The van der Waals surface area contributed by atoms with E-state index in [1.54, 1.807) is 32.9 Å². The van der Waals surface area contributed by atoms with Crippen molar-refractivity contribution in [1.29, 1.82) is 0 Å². The largest absolute Gasteiger partial charge is 0.425 e. The summed E-state index contributed by atoms with van der Waals surface area (Å²) >= 11 is 0. The van der Waals surface area contributed by atoms with E-state index in [4.69, 9.17) is 0 Å². The number of amides is 2. The monoisotopic (exact) mass is 492 g/mol. The summed E-state index contributed by atoms with van der Waals surface area (Å²) in [6.07, 6.45) is -5.89. The Morgan fingerprint density at radius 2 is 1.54 bits per heavy atom. The Bertz CT molecular complexity index is 1260. The molecule has 5 nitrogen and oxygen atoms in total. The molecule has 1 aliphatic heterocycles. The number of Topliss-reactive ketones (excluding diaryl/α,β-unsaturated/α-hetero) is 1. The number of anilines is 1. The fraction of sp³-hybridized carbons (Fsp3) is 0.320. The van der Waals surface area contributed by atoms with Gasteiger partial charge in [0.25, 0.3) is 11.8 Å². The molecule has 0 spiro atoms. The van der Waals surface area contributed by atoms with Gasteiger partial charge in [-0.3, -0.25) is 19.3 Å². The number of hydrogen-bond donors (Lipinski definition) is 1. The van der Waals surface area contributed by atoms with Gasteiger partial charge in [0, 0.05) is 17.8 Å². The van der Waals surface area contributed by atoms with Gasteiger partial charge in [0.2, 0.25) is 5.54 Å². The van der Waals surface area contributed by atoms with E-state index >= 15 is 0 Å². The van der Waals surface area contributed by atoms with E-state index in [-0.39, 0.29) is 24.2 Å². The zero-order valence-corrected chi connectivity index (χ0v) is 19.0. The van der Waals surface area contributed by atoms with Crippen LogP contribution in [0, 0.1) is 24.0 Å². The number of halogens is 5. The zero-order valence-electron chi connectivity index (χ0n) is 19.0. The van der Waals surface area contributed by atoms with Gasteiger partial charge >= 0.3 is 6.18 Å². The van der Waals surface area contributed by atoms with E-state index in [0.717, 1.165) is 16.5 Å². The molecule has 0 aromatic heterocycles. The van der Waals surface area contributed by atoms with E-state index < -0.39 is 57.5 Å². The number of benzene rings is 2. The number of aryl methyl sites for hydroxylation is 1. The lowest BCUT2D eigenvalue weighted by Gasteiger charge is -2.35. The van der Waals surface area contributed by atoms with Gasteiger partial charge in [-0.05, 0) is 43.0 Å². The third-order valence-corrected chi connectivity index (χ3v) is 6.23.